The third-order valence-electron chi connectivity index (χ3n) is 3.66. The summed E-state index contributed by atoms with van der Waals surface area (Å²) in [5.74, 6) is 0.444. The fraction of sp³-hybridized carbons (Fsp3) is 0.583. The minimum atomic E-state index is -1.37. The zero-order valence-electron chi connectivity index (χ0n) is 12.4. The third-order valence-corrected chi connectivity index (χ3v) is 4.60. The van der Waals surface area contributed by atoms with E-state index in [9.17, 15) is 20.1 Å². The predicted molar refractivity (Wildman–Crippen MR) is 83.4 cm³/mol. The van der Waals surface area contributed by atoms with Crippen molar-refractivity contribution < 1.29 is 20.1 Å². The van der Waals surface area contributed by atoms with E-state index in [2.05, 4.69) is 9.97 Å². The molecule has 3 heterocycles. The van der Waals surface area contributed by atoms with Gasteiger partial charge in [-0.15, -0.1) is 0 Å². The molecule has 0 aliphatic carbocycles. The molecule has 1 saturated heterocycles. The van der Waals surface area contributed by atoms with E-state index in [1.807, 2.05) is 0 Å². The molecule has 0 spiro atoms. The number of anilines is 2. The third kappa shape index (κ3) is 2.46. The number of aromatic nitrogens is 3. The van der Waals surface area contributed by atoms with Crippen molar-refractivity contribution in [2.45, 2.75) is 24.5 Å². The predicted octanol–water partition coefficient (Wildman–Crippen LogP) is -1.89. The van der Waals surface area contributed by atoms with Gasteiger partial charge in [-0.25, -0.2) is 0 Å². The largest absolute Gasteiger partial charge is 0.394 e. The molecule has 3 rings (SSSR count). The monoisotopic (exact) mass is 343 g/mol. The van der Waals surface area contributed by atoms with Crippen LogP contribution >= 0.6 is 11.3 Å². The van der Waals surface area contributed by atoms with E-state index in [0.29, 0.717) is 10.5 Å². The summed E-state index contributed by atoms with van der Waals surface area (Å²) in [5, 5.41) is 29.2. The van der Waals surface area contributed by atoms with E-state index in [0.717, 1.165) is 15.9 Å². The first kappa shape index (κ1) is 16.1. The summed E-state index contributed by atoms with van der Waals surface area (Å²) in [7, 11) is 3.50. The van der Waals surface area contributed by atoms with Crippen LogP contribution in [0.15, 0.2) is 4.79 Å². The Labute approximate surface area is 134 Å². The molecule has 0 unspecified atom stereocenters. The van der Waals surface area contributed by atoms with Crippen LogP contribution in [-0.4, -0.2) is 68.9 Å². The van der Waals surface area contributed by atoms with Crippen LogP contribution in [0.2, 0.25) is 0 Å². The van der Waals surface area contributed by atoms with Gasteiger partial charge < -0.3 is 30.7 Å². The molecule has 23 heavy (non-hydrogen) atoms. The highest BCUT2D eigenvalue weighted by atomic mass is 32.1. The normalized spacial score (nSPS) is 27.7. The average Bonchev–Trinajstić information content (AvgIpc) is 2.95. The molecule has 4 atom stereocenters. The summed E-state index contributed by atoms with van der Waals surface area (Å²) in [6.45, 7) is -0.481. The molecule has 11 heteroatoms. The van der Waals surface area contributed by atoms with Crippen molar-refractivity contribution in [2.75, 3.05) is 31.3 Å². The van der Waals surface area contributed by atoms with Crippen LogP contribution in [-0.2, 0) is 4.74 Å². The molecule has 126 valence electrons. The van der Waals surface area contributed by atoms with E-state index in [1.54, 1.807) is 19.0 Å². The van der Waals surface area contributed by atoms with E-state index in [1.165, 1.54) is 0 Å². The molecule has 10 nitrogen and oxygen atoms in total. The van der Waals surface area contributed by atoms with Crippen molar-refractivity contribution >= 4 is 33.5 Å². The van der Waals surface area contributed by atoms with Gasteiger partial charge in [0.05, 0.1) is 6.61 Å². The van der Waals surface area contributed by atoms with Crippen LogP contribution in [0.25, 0.3) is 10.3 Å². The van der Waals surface area contributed by atoms with Crippen LogP contribution in [0.3, 0.4) is 0 Å². The summed E-state index contributed by atoms with van der Waals surface area (Å²) in [6.07, 6.45) is -4.82. The Morgan fingerprint density at radius 3 is 2.61 bits per heavy atom. The molecule has 0 saturated carbocycles. The summed E-state index contributed by atoms with van der Waals surface area (Å²) < 4.78 is 7.04. The zero-order chi connectivity index (χ0) is 16.9. The van der Waals surface area contributed by atoms with Crippen molar-refractivity contribution in [3.63, 3.8) is 0 Å². The number of nitrogens with two attached hydrogens (primary N) is 1. The van der Waals surface area contributed by atoms with Crippen LogP contribution < -0.4 is 15.5 Å². The zero-order valence-corrected chi connectivity index (χ0v) is 13.3. The number of hydrogen-bond donors (Lipinski definition) is 4. The summed E-state index contributed by atoms with van der Waals surface area (Å²) in [6, 6.07) is 0. The average molecular weight is 343 g/mol. The smallest absolute Gasteiger partial charge is 0.311 e. The molecule has 2 aromatic heterocycles. The van der Waals surface area contributed by atoms with Crippen molar-refractivity contribution in [2.24, 2.45) is 0 Å². The molecule has 2 aromatic rings. The van der Waals surface area contributed by atoms with Gasteiger partial charge in [-0.2, -0.15) is 9.97 Å². The van der Waals surface area contributed by atoms with Crippen LogP contribution in [0.5, 0.6) is 0 Å². The van der Waals surface area contributed by atoms with Crippen LogP contribution in [0.1, 0.15) is 6.23 Å². The molecular formula is C12H17N5O5S. The van der Waals surface area contributed by atoms with Crippen molar-refractivity contribution in [3.05, 3.63) is 9.67 Å². The number of fused-ring (bicyclic) bond motifs is 1. The summed E-state index contributed by atoms with van der Waals surface area (Å²) in [4.78, 5) is 21.8. The maximum absolute atomic E-state index is 12.4. The maximum atomic E-state index is 12.4. The first-order chi connectivity index (χ1) is 10.8. The molecule has 1 fully saturated rings. The summed E-state index contributed by atoms with van der Waals surface area (Å²) in [5.41, 5.74) is 5.92. The molecule has 5 N–H and O–H groups in total. The van der Waals surface area contributed by atoms with Crippen molar-refractivity contribution in [3.8, 4) is 0 Å². The Balaban J connectivity index is 2.19. The topological polar surface area (TPSA) is 147 Å². The van der Waals surface area contributed by atoms with Crippen LogP contribution in [0.4, 0.5) is 11.8 Å². The number of nitrogens with zero attached hydrogens (tertiary/aromatic N) is 4. The lowest BCUT2D eigenvalue weighted by molar-refractivity contribution is -0.0518. The SMILES string of the molecule is CN(C)c1nc(N)nc2c1sc(=O)n2[C@@H]1O[C@H](CO)[C@@H](O)[C@H]1O. The van der Waals surface area contributed by atoms with Gasteiger partial charge in [0.2, 0.25) is 5.95 Å². The van der Waals surface area contributed by atoms with Crippen molar-refractivity contribution in [1.82, 2.24) is 14.5 Å². The molecular weight excluding hydrogens is 326 g/mol. The van der Waals surface area contributed by atoms with E-state index < -0.39 is 36.0 Å². The highest BCUT2D eigenvalue weighted by Crippen LogP contribution is 2.33. The second kappa shape index (κ2) is 5.69. The minimum Gasteiger partial charge on any atom is -0.394 e. The van der Waals surface area contributed by atoms with Gasteiger partial charge in [-0.1, -0.05) is 11.3 Å². The molecule has 0 radical (unpaired) electrons. The highest BCUT2D eigenvalue weighted by molar-refractivity contribution is 7.17. The molecule has 0 bridgehead atoms. The Morgan fingerprint density at radius 1 is 1.35 bits per heavy atom. The molecule has 0 aromatic carbocycles. The fourth-order valence-corrected chi connectivity index (χ4v) is 3.56. The van der Waals surface area contributed by atoms with Gasteiger partial charge in [0.15, 0.2) is 17.7 Å². The number of nitrogen functional groups attached to an aromatic ring is 1. The Kier molecular flexibility index (Phi) is 3.98. The van der Waals surface area contributed by atoms with E-state index in [4.69, 9.17) is 10.5 Å². The van der Waals surface area contributed by atoms with E-state index >= 15 is 0 Å². The second-order valence-electron chi connectivity index (χ2n) is 5.42. The molecule has 0 amide bonds. The lowest BCUT2D eigenvalue weighted by Crippen LogP contribution is -2.34. The first-order valence-electron chi connectivity index (χ1n) is 6.83. The Morgan fingerprint density at radius 2 is 2.04 bits per heavy atom. The first-order valence-corrected chi connectivity index (χ1v) is 7.65. The number of rotatable bonds is 3. The van der Waals surface area contributed by atoms with Gasteiger partial charge in [0, 0.05) is 14.1 Å². The van der Waals surface area contributed by atoms with E-state index in [-0.39, 0.29) is 11.6 Å². The van der Waals surface area contributed by atoms with Crippen LogP contribution in [0, 0.1) is 0 Å². The molecule has 1 aliphatic rings. The van der Waals surface area contributed by atoms with Gasteiger partial charge >= 0.3 is 4.87 Å². The van der Waals surface area contributed by atoms with Gasteiger partial charge in [0.1, 0.15) is 23.0 Å². The lowest BCUT2D eigenvalue weighted by Gasteiger charge is -2.17. The lowest BCUT2D eigenvalue weighted by atomic mass is 10.1. The number of hydrogen-bond acceptors (Lipinski definition) is 10. The quantitative estimate of drug-likeness (QED) is 0.502. The second-order valence-corrected chi connectivity index (χ2v) is 6.38. The van der Waals surface area contributed by atoms with Gasteiger partial charge in [0.25, 0.3) is 0 Å². The highest BCUT2D eigenvalue weighted by Gasteiger charge is 2.44. The fourth-order valence-electron chi connectivity index (χ4n) is 2.54. The molecule has 1 aliphatic heterocycles. The maximum Gasteiger partial charge on any atom is 0.311 e. The Bertz CT molecular complexity index is 790. The number of thiazole rings is 1. The number of ether oxygens (including phenoxy) is 1. The number of aliphatic hydroxyl groups is 3. The minimum absolute atomic E-state index is 0.0282. The standard InChI is InChI=1S/C12H17N5O5S/c1-16(2)8-7-9(15-11(13)14-8)17(12(21)23-7)10-6(20)5(19)4(3-18)22-10/h4-6,10,18-20H,3H2,1-2H3,(H2,13,14,15)/t4-,5-,6-,10-/m1/s1. The Hall–Kier alpha value is -1.79. The van der Waals surface area contributed by atoms with Crippen molar-refractivity contribution in [1.29, 1.82) is 0 Å². The van der Waals surface area contributed by atoms with Gasteiger partial charge in [-0.3, -0.25) is 9.36 Å². The van der Waals surface area contributed by atoms with Gasteiger partial charge in [-0.05, 0) is 0 Å². The summed E-state index contributed by atoms with van der Waals surface area (Å²) >= 11 is 0.891. The number of aliphatic hydroxyl groups excluding tert-OH is 3.